The number of nitrogens with zero attached hydrogens (tertiary/aromatic N) is 2. The van der Waals surface area contributed by atoms with Crippen molar-refractivity contribution < 1.29 is 62.0 Å². The van der Waals surface area contributed by atoms with E-state index in [1.54, 1.807) is 0 Å². The molecule has 8 heteroatoms. The zero-order valence-electron chi connectivity index (χ0n) is 28.7. The molecule has 0 atom stereocenters. The Hall–Kier alpha value is -2.26. The minimum atomic E-state index is -0.441. The summed E-state index contributed by atoms with van der Waals surface area (Å²) in [5.41, 5.74) is 1.98. The molecule has 2 heterocycles. The quantitative estimate of drug-likeness (QED) is 0.111. The lowest BCUT2D eigenvalue weighted by atomic mass is 9.52. The molecule has 6 nitrogen and oxygen atoms in total. The Morgan fingerprint density at radius 1 is 0.604 bits per heavy atom. The minimum absolute atomic E-state index is 0. The largest absolute Gasteiger partial charge is 1.00 e. The second kappa shape index (κ2) is 19.8. The molecule has 48 heavy (non-hydrogen) atoms. The molecule has 1 aliphatic carbocycles. The van der Waals surface area contributed by atoms with E-state index in [4.69, 9.17) is 9.47 Å². The van der Waals surface area contributed by atoms with Crippen LogP contribution >= 0.6 is 0 Å². The fourth-order valence-corrected chi connectivity index (χ4v) is 8.76. The average Bonchev–Trinajstić information content (AvgIpc) is 3.07. The van der Waals surface area contributed by atoms with Gasteiger partial charge in [0.05, 0.1) is 77.4 Å². The number of ether oxygens (including phenoxy) is 2. The minimum Gasteiger partial charge on any atom is -1.00 e. The summed E-state index contributed by atoms with van der Waals surface area (Å²) in [4.78, 5) is 27.9. The van der Waals surface area contributed by atoms with Crippen LogP contribution in [0.25, 0.3) is 0 Å². The Balaban J connectivity index is 0.00000312. The Kier molecular flexibility index (Phi) is 16.6. The van der Waals surface area contributed by atoms with Gasteiger partial charge in [0.2, 0.25) is 0 Å². The van der Waals surface area contributed by atoms with E-state index in [1.807, 2.05) is 72.8 Å². The van der Waals surface area contributed by atoms with Crippen LogP contribution in [-0.2, 0) is 19.1 Å². The molecule has 0 spiro atoms. The third-order valence-electron chi connectivity index (χ3n) is 11.1. The van der Waals surface area contributed by atoms with Crippen LogP contribution in [0.15, 0.2) is 86.0 Å². The fraction of sp³-hybridized carbons (Fsp3) is 0.550. The highest BCUT2D eigenvalue weighted by Crippen LogP contribution is 2.58. The number of carbonyl (C=O) groups is 2. The van der Waals surface area contributed by atoms with Crippen LogP contribution < -0.4 is 34.0 Å². The van der Waals surface area contributed by atoms with Gasteiger partial charge in [0.25, 0.3) is 0 Å². The van der Waals surface area contributed by atoms with Crippen LogP contribution in [0.3, 0.4) is 0 Å². The number of hydrogen-bond donors (Lipinski definition) is 0. The number of quaternary nitrogens is 2. The molecular weight excluding hydrogens is 732 g/mol. The van der Waals surface area contributed by atoms with Crippen LogP contribution in [0.1, 0.15) is 74.3 Å². The number of piperidine rings is 2. The molecule has 0 bridgehead atoms. The van der Waals surface area contributed by atoms with Crippen molar-refractivity contribution >= 4 is 11.9 Å². The summed E-state index contributed by atoms with van der Waals surface area (Å²) in [7, 11) is 0. The number of hydrogen-bond acceptors (Lipinski definition) is 4. The van der Waals surface area contributed by atoms with E-state index in [9.17, 15) is 9.59 Å². The van der Waals surface area contributed by atoms with E-state index in [-0.39, 0.29) is 57.7 Å². The summed E-state index contributed by atoms with van der Waals surface area (Å²) in [5.74, 6) is -1.86. The molecule has 2 aromatic carbocycles. The zero-order chi connectivity index (χ0) is 32.2. The van der Waals surface area contributed by atoms with Crippen molar-refractivity contribution in [1.82, 2.24) is 0 Å². The maximum absolute atomic E-state index is 13.9. The van der Waals surface area contributed by atoms with Crippen LogP contribution in [-0.4, -0.2) is 86.5 Å². The third-order valence-corrected chi connectivity index (χ3v) is 11.1. The lowest BCUT2D eigenvalue weighted by Crippen LogP contribution is -3.00. The van der Waals surface area contributed by atoms with E-state index in [1.165, 1.54) is 64.7 Å². The van der Waals surface area contributed by atoms with Crippen LogP contribution in [0.2, 0.25) is 0 Å². The predicted molar refractivity (Wildman–Crippen MR) is 184 cm³/mol. The second-order valence-electron chi connectivity index (χ2n) is 14.1. The second-order valence-corrected chi connectivity index (χ2v) is 14.1. The molecule has 2 aromatic rings. The molecule has 2 aliphatic heterocycles. The average molecular weight is 789 g/mol. The van der Waals surface area contributed by atoms with Gasteiger partial charge in [0.1, 0.15) is 0 Å². The predicted octanol–water partition coefficient (Wildman–Crippen LogP) is 1.05. The fourth-order valence-electron chi connectivity index (χ4n) is 8.76. The molecule has 0 amide bonds. The zero-order valence-corrected chi connectivity index (χ0v) is 31.8. The van der Waals surface area contributed by atoms with Crippen molar-refractivity contribution in [2.75, 3.05) is 65.6 Å². The summed E-state index contributed by atoms with van der Waals surface area (Å²) >= 11 is 0. The van der Waals surface area contributed by atoms with Gasteiger partial charge in [-0.2, -0.15) is 0 Å². The highest BCUT2D eigenvalue weighted by Gasteiger charge is 2.59. The van der Waals surface area contributed by atoms with Gasteiger partial charge < -0.3 is 52.4 Å². The molecule has 264 valence electrons. The normalized spacial score (nSPS) is 24.0. The molecule has 0 N–H and O–H groups in total. The van der Waals surface area contributed by atoms with Gasteiger partial charge in [0.15, 0.2) is 0 Å². The van der Waals surface area contributed by atoms with Crippen molar-refractivity contribution in [3.05, 3.63) is 97.1 Å². The molecule has 0 radical (unpaired) electrons. The number of rotatable bonds is 16. The Morgan fingerprint density at radius 2 is 0.958 bits per heavy atom. The molecule has 5 rings (SSSR count). The number of carbonyl (C=O) groups excluding carboxylic acids is 2. The van der Waals surface area contributed by atoms with Gasteiger partial charge in [-0.05, 0) is 61.8 Å². The van der Waals surface area contributed by atoms with E-state index in [0.29, 0.717) is 13.2 Å². The van der Waals surface area contributed by atoms with E-state index in [2.05, 4.69) is 13.2 Å². The molecule has 3 fully saturated rings. The van der Waals surface area contributed by atoms with Gasteiger partial charge in [-0.3, -0.25) is 9.59 Å². The van der Waals surface area contributed by atoms with Crippen LogP contribution in [0.5, 0.6) is 0 Å². The topological polar surface area (TPSA) is 52.6 Å². The van der Waals surface area contributed by atoms with E-state index in [0.717, 1.165) is 59.1 Å². The SMILES string of the molecule is C=CC[N+]1(CCCOC(=O)C2C(c3ccccc3)C(C(=O)OCCC[N+]3(CC=C)CCCCC3)C2c2ccccc2)CCCCC1.[Br-].[Br-]. The van der Waals surface area contributed by atoms with Gasteiger partial charge in [0, 0.05) is 24.7 Å². The number of halogens is 2. The van der Waals surface area contributed by atoms with Gasteiger partial charge in [-0.15, -0.1) is 0 Å². The molecule has 1 saturated carbocycles. The Labute approximate surface area is 310 Å². The maximum Gasteiger partial charge on any atom is 0.310 e. The van der Waals surface area contributed by atoms with E-state index >= 15 is 0 Å². The van der Waals surface area contributed by atoms with Crippen molar-refractivity contribution in [2.24, 2.45) is 11.8 Å². The van der Waals surface area contributed by atoms with Crippen LogP contribution in [0.4, 0.5) is 0 Å². The first-order valence-electron chi connectivity index (χ1n) is 17.9. The molecule has 0 aromatic heterocycles. The lowest BCUT2D eigenvalue weighted by Gasteiger charge is -2.49. The molecule has 0 unspecified atom stereocenters. The standard InChI is InChI=1S/C40H56N2O4.2BrH/c1-3-23-41(25-13-7-14-26-41)29-17-31-45-39(43)37-35(33-19-9-5-10-20-33)38(36(37)34-21-11-6-12-22-34)40(44)46-32-18-30-42(24-4-2)27-15-8-16-28-42;;/h3-6,9-12,19-22,35-38H,1-2,7-8,13-18,23-32H2;2*1H/q+2;;/p-2. The smallest absolute Gasteiger partial charge is 0.310 e. The number of benzene rings is 2. The van der Waals surface area contributed by atoms with Gasteiger partial charge >= 0.3 is 11.9 Å². The first-order chi connectivity index (χ1) is 22.5. The Bertz CT molecular complexity index is 1170. The van der Waals surface area contributed by atoms with Gasteiger partial charge in [-0.25, -0.2) is 0 Å². The van der Waals surface area contributed by atoms with Gasteiger partial charge in [-0.1, -0.05) is 73.8 Å². The Morgan fingerprint density at radius 3 is 1.29 bits per heavy atom. The third kappa shape index (κ3) is 9.92. The summed E-state index contributed by atoms with van der Waals surface area (Å²) in [6, 6.07) is 20.0. The van der Waals surface area contributed by atoms with Crippen molar-refractivity contribution in [3.8, 4) is 0 Å². The summed E-state index contributed by atoms with van der Waals surface area (Å²) in [6.45, 7) is 17.4. The lowest BCUT2D eigenvalue weighted by molar-refractivity contribution is -0.927. The highest BCUT2D eigenvalue weighted by atomic mass is 79.9. The molecule has 2 saturated heterocycles. The molecular formula is C40H56Br2N2O4. The maximum atomic E-state index is 13.9. The van der Waals surface area contributed by atoms with Crippen molar-refractivity contribution in [2.45, 2.75) is 63.2 Å². The van der Waals surface area contributed by atoms with Crippen molar-refractivity contribution in [3.63, 3.8) is 0 Å². The first kappa shape index (κ1) is 40.2. The number of likely N-dealkylation sites (tertiary alicyclic amines) is 2. The number of esters is 2. The summed E-state index contributed by atoms with van der Waals surface area (Å²) in [6.07, 6.45) is 13.3. The summed E-state index contributed by atoms with van der Waals surface area (Å²) in [5, 5.41) is 0. The monoisotopic (exact) mass is 786 g/mol. The van der Waals surface area contributed by atoms with E-state index < -0.39 is 11.8 Å². The van der Waals surface area contributed by atoms with Crippen LogP contribution in [0, 0.1) is 11.8 Å². The molecule has 3 aliphatic rings. The van der Waals surface area contributed by atoms with Crippen molar-refractivity contribution in [1.29, 1.82) is 0 Å². The highest BCUT2D eigenvalue weighted by molar-refractivity contribution is 5.85. The summed E-state index contributed by atoms with van der Waals surface area (Å²) < 4.78 is 14.2. The first-order valence-corrected chi connectivity index (χ1v) is 17.9.